The SMILES string of the molecule is C1=C/C(=C(/c2ccncc2)c2ccc[nH]2)N=C1. The van der Waals surface area contributed by atoms with Gasteiger partial charge in [-0.1, -0.05) is 0 Å². The number of nitrogens with zero attached hydrogens (tertiary/aromatic N) is 2. The van der Waals surface area contributed by atoms with Crippen LogP contribution in [0.25, 0.3) is 5.57 Å². The molecule has 2 aromatic heterocycles. The van der Waals surface area contributed by atoms with Crippen LogP contribution in [-0.2, 0) is 0 Å². The fourth-order valence-corrected chi connectivity index (χ4v) is 1.89. The molecule has 0 radical (unpaired) electrons. The summed E-state index contributed by atoms with van der Waals surface area (Å²) in [5.41, 5.74) is 4.25. The average molecular weight is 221 g/mol. The Bertz CT molecular complexity index is 576. The molecule has 1 aliphatic heterocycles. The molecule has 3 nitrogen and oxygen atoms in total. The van der Waals surface area contributed by atoms with Crippen molar-refractivity contribution in [3.63, 3.8) is 0 Å². The van der Waals surface area contributed by atoms with Gasteiger partial charge in [0.25, 0.3) is 0 Å². The maximum absolute atomic E-state index is 4.37. The number of aliphatic imine (C=N–C) groups is 1. The van der Waals surface area contributed by atoms with Gasteiger partial charge in [-0.15, -0.1) is 0 Å². The van der Waals surface area contributed by atoms with Crippen molar-refractivity contribution in [2.24, 2.45) is 4.99 Å². The number of aromatic nitrogens is 2. The summed E-state index contributed by atoms with van der Waals surface area (Å²) in [6, 6.07) is 8.01. The number of H-pyrrole nitrogens is 1. The lowest BCUT2D eigenvalue weighted by Gasteiger charge is -2.07. The minimum absolute atomic E-state index is 0.971. The van der Waals surface area contributed by atoms with Gasteiger partial charge in [-0.3, -0.25) is 9.98 Å². The fourth-order valence-electron chi connectivity index (χ4n) is 1.89. The van der Waals surface area contributed by atoms with E-state index in [1.165, 1.54) is 0 Å². The number of hydrogen-bond acceptors (Lipinski definition) is 2. The van der Waals surface area contributed by atoms with Crippen LogP contribution in [0.4, 0.5) is 0 Å². The minimum Gasteiger partial charge on any atom is -0.361 e. The van der Waals surface area contributed by atoms with Gasteiger partial charge in [-0.2, -0.15) is 0 Å². The normalized spacial score (nSPS) is 16.5. The Morgan fingerprint density at radius 1 is 1.12 bits per heavy atom. The Morgan fingerprint density at radius 3 is 2.65 bits per heavy atom. The molecule has 0 fully saturated rings. The van der Waals surface area contributed by atoms with E-state index in [2.05, 4.69) is 15.0 Å². The van der Waals surface area contributed by atoms with Crippen molar-refractivity contribution in [2.45, 2.75) is 0 Å². The van der Waals surface area contributed by atoms with Crippen LogP contribution < -0.4 is 0 Å². The maximum Gasteiger partial charge on any atom is 0.0729 e. The Balaban J connectivity index is 2.20. The summed E-state index contributed by atoms with van der Waals surface area (Å²) in [5, 5.41) is 0. The monoisotopic (exact) mass is 221 g/mol. The number of pyridine rings is 1. The van der Waals surface area contributed by atoms with Crippen LogP contribution in [0, 0.1) is 0 Å². The van der Waals surface area contributed by atoms with Crippen LogP contribution >= 0.6 is 0 Å². The van der Waals surface area contributed by atoms with Crippen molar-refractivity contribution in [3.05, 3.63) is 72.0 Å². The summed E-state index contributed by atoms with van der Waals surface area (Å²) in [6.45, 7) is 0. The first-order valence-electron chi connectivity index (χ1n) is 5.44. The lowest BCUT2D eigenvalue weighted by molar-refractivity contribution is 1.28. The Hall–Kier alpha value is -2.42. The molecule has 0 saturated heterocycles. The van der Waals surface area contributed by atoms with Crippen LogP contribution in [0.5, 0.6) is 0 Å². The molecule has 3 heteroatoms. The van der Waals surface area contributed by atoms with Crippen molar-refractivity contribution in [2.75, 3.05) is 0 Å². The summed E-state index contributed by atoms with van der Waals surface area (Å²) < 4.78 is 0. The first-order chi connectivity index (χ1) is 8.45. The number of rotatable bonds is 2. The highest BCUT2D eigenvalue weighted by atomic mass is 14.8. The second-order valence-electron chi connectivity index (χ2n) is 3.72. The van der Waals surface area contributed by atoms with Gasteiger partial charge in [-0.25, -0.2) is 0 Å². The lowest BCUT2D eigenvalue weighted by atomic mass is 10.0. The van der Waals surface area contributed by atoms with Gasteiger partial charge < -0.3 is 4.98 Å². The number of aromatic amines is 1. The second-order valence-corrected chi connectivity index (χ2v) is 3.72. The smallest absolute Gasteiger partial charge is 0.0729 e. The molecule has 0 atom stereocenters. The van der Waals surface area contributed by atoms with Gasteiger partial charge in [0.05, 0.1) is 5.70 Å². The summed E-state index contributed by atoms with van der Waals surface area (Å²) in [7, 11) is 0. The van der Waals surface area contributed by atoms with Crippen molar-refractivity contribution in [3.8, 4) is 0 Å². The molecule has 82 valence electrons. The standard InChI is InChI=1S/C14H11N3/c1-3-12(16-7-1)14(13-4-2-8-17-13)11-5-9-15-10-6-11/h1-10,16H/b14-13+. The molecule has 0 unspecified atom stereocenters. The third-order valence-corrected chi connectivity index (χ3v) is 2.65. The first kappa shape index (κ1) is 9.78. The molecular weight excluding hydrogens is 210 g/mol. The molecule has 3 heterocycles. The van der Waals surface area contributed by atoms with Gasteiger partial charge in [0.15, 0.2) is 0 Å². The topological polar surface area (TPSA) is 41.0 Å². The zero-order valence-corrected chi connectivity index (χ0v) is 9.17. The molecule has 0 aliphatic carbocycles. The predicted octanol–water partition coefficient (Wildman–Crippen LogP) is 2.81. The number of nitrogens with one attached hydrogen (secondary N) is 1. The van der Waals surface area contributed by atoms with E-state index in [1.807, 2.05) is 42.6 Å². The molecular formula is C14H11N3. The number of hydrogen-bond donors (Lipinski definition) is 1. The molecule has 17 heavy (non-hydrogen) atoms. The predicted molar refractivity (Wildman–Crippen MR) is 68.7 cm³/mol. The van der Waals surface area contributed by atoms with E-state index in [-0.39, 0.29) is 0 Å². The molecule has 0 amide bonds. The largest absolute Gasteiger partial charge is 0.361 e. The summed E-state index contributed by atoms with van der Waals surface area (Å²) in [6.07, 6.45) is 11.3. The third-order valence-electron chi connectivity index (χ3n) is 2.65. The quantitative estimate of drug-likeness (QED) is 0.832. The Kier molecular flexibility index (Phi) is 2.43. The summed E-state index contributed by atoms with van der Waals surface area (Å²) in [4.78, 5) is 11.6. The lowest BCUT2D eigenvalue weighted by Crippen LogP contribution is -1.91. The summed E-state index contributed by atoms with van der Waals surface area (Å²) in [5.74, 6) is 0. The van der Waals surface area contributed by atoms with E-state index in [0.717, 1.165) is 22.5 Å². The minimum atomic E-state index is 0.971. The number of allylic oxidation sites excluding steroid dienone is 2. The zero-order chi connectivity index (χ0) is 11.5. The highest BCUT2D eigenvalue weighted by molar-refractivity contribution is 5.87. The second kappa shape index (κ2) is 4.22. The molecule has 2 aromatic rings. The molecule has 0 saturated carbocycles. The van der Waals surface area contributed by atoms with Crippen LogP contribution in [0.3, 0.4) is 0 Å². The van der Waals surface area contributed by atoms with Gasteiger partial charge in [-0.05, 0) is 42.0 Å². The molecule has 3 rings (SSSR count). The van der Waals surface area contributed by atoms with Crippen molar-refractivity contribution >= 4 is 11.8 Å². The fraction of sp³-hybridized carbons (Fsp3) is 0. The van der Waals surface area contributed by atoms with Crippen molar-refractivity contribution < 1.29 is 0 Å². The Morgan fingerprint density at radius 2 is 2.00 bits per heavy atom. The molecule has 0 spiro atoms. The van der Waals surface area contributed by atoms with E-state index in [4.69, 9.17) is 0 Å². The highest BCUT2D eigenvalue weighted by Crippen LogP contribution is 2.27. The van der Waals surface area contributed by atoms with E-state index in [0.29, 0.717) is 0 Å². The average Bonchev–Trinajstić information content (AvgIpc) is 3.04. The zero-order valence-electron chi connectivity index (χ0n) is 9.17. The molecule has 1 N–H and O–H groups in total. The van der Waals surface area contributed by atoms with Crippen molar-refractivity contribution in [1.29, 1.82) is 0 Å². The van der Waals surface area contributed by atoms with Gasteiger partial charge in [0, 0.05) is 36.1 Å². The van der Waals surface area contributed by atoms with E-state index in [1.54, 1.807) is 18.6 Å². The van der Waals surface area contributed by atoms with Gasteiger partial charge >= 0.3 is 0 Å². The molecule has 0 aromatic carbocycles. The van der Waals surface area contributed by atoms with E-state index in [9.17, 15) is 0 Å². The van der Waals surface area contributed by atoms with Gasteiger partial charge in [0.1, 0.15) is 0 Å². The van der Waals surface area contributed by atoms with Gasteiger partial charge in [0.2, 0.25) is 0 Å². The maximum atomic E-state index is 4.37. The van der Waals surface area contributed by atoms with E-state index < -0.39 is 0 Å². The van der Waals surface area contributed by atoms with Crippen LogP contribution in [0.1, 0.15) is 11.3 Å². The third kappa shape index (κ3) is 1.83. The van der Waals surface area contributed by atoms with Crippen LogP contribution in [0.15, 0.2) is 65.7 Å². The van der Waals surface area contributed by atoms with Crippen LogP contribution in [-0.4, -0.2) is 16.2 Å². The van der Waals surface area contributed by atoms with Crippen LogP contribution in [0.2, 0.25) is 0 Å². The van der Waals surface area contributed by atoms with Crippen molar-refractivity contribution in [1.82, 2.24) is 9.97 Å². The molecule has 1 aliphatic rings. The summed E-state index contributed by atoms with van der Waals surface area (Å²) >= 11 is 0. The highest BCUT2D eigenvalue weighted by Gasteiger charge is 2.11. The first-order valence-corrected chi connectivity index (χ1v) is 5.44. The van der Waals surface area contributed by atoms with E-state index >= 15 is 0 Å². The Labute approximate surface area is 99.3 Å². The molecule has 0 bridgehead atoms.